The summed E-state index contributed by atoms with van der Waals surface area (Å²) < 4.78 is 0.995. The molecule has 1 aromatic heterocycles. The van der Waals surface area contributed by atoms with Crippen molar-refractivity contribution in [3.05, 3.63) is 63.2 Å². The van der Waals surface area contributed by atoms with Crippen molar-refractivity contribution in [3.63, 3.8) is 0 Å². The van der Waals surface area contributed by atoms with E-state index in [0.29, 0.717) is 5.13 Å². The van der Waals surface area contributed by atoms with Crippen molar-refractivity contribution in [2.45, 2.75) is 26.2 Å². The number of rotatable bonds is 7. The van der Waals surface area contributed by atoms with E-state index >= 15 is 0 Å². The summed E-state index contributed by atoms with van der Waals surface area (Å²) in [6.45, 7) is 2.12. The van der Waals surface area contributed by atoms with E-state index in [2.05, 4.69) is 23.3 Å². The molecule has 3 amide bonds. The van der Waals surface area contributed by atoms with Crippen LogP contribution < -0.4 is 5.32 Å². The number of nitrogens with zero attached hydrogens (tertiary/aromatic N) is 3. The molecule has 0 spiro atoms. The molecule has 1 N–H and O–H groups in total. The molecule has 1 aliphatic rings. The number of nitro groups is 1. The molecular formula is C21H18N4O5S. The number of hydrogen-bond donors (Lipinski definition) is 1. The third-order valence-electron chi connectivity index (χ3n) is 5.06. The fraction of sp³-hybridized carbons (Fsp3) is 0.238. The first-order chi connectivity index (χ1) is 14.9. The van der Waals surface area contributed by atoms with Crippen molar-refractivity contribution in [2.24, 2.45) is 0 Å². The number of thiazole rings is 1. The Morgan fingerprint density at radius 3 is 2.68 bits per heavy atom. The Bertz CT molecular complexity index is 1240. The van der Waals surface area contributed by atoms with Crippen molar-refractivity contribution >= 4 is 50.1 Å². The van der Waals surface area contributed by atoms with Gasteiger partial charge in [0, 0.05) is 25.1 Å². The number of anilines is 1. The van der Waals surface area contributed by atoms with Crippen LogP contribution in [0.3, 0.4) is 0 Å². The Labute approximate surface area is 180 Å². The lowest BCUT2D eigenvalue weighted by molar-refractivity contribution is -0.384. The number of hydrogen-bond acceptors (Lipinski definition) is 7. The second-order valence-corrected chi connectivity index (χ2v) is 8.11. The molecule has 0 atom stereocenters. The van der Waals surface area contributed by atoms with Crippen LogP contribution in [0.5, 0.6) is 0 Å². The number of nitrogens with one attached hydrogen (secondary N) is 1. The van der Waals surface area contributed by atoms with Crippen molar-refractivity contribution in [2.75, 3.05) is 11.9 Å². The summed E-state index contributed by atoms with van der Waals surface area (Å²) in [5.74, 6) is -1.35. The normalized spacial score (nSPS) is 13.0. The molecule has 2 aromatic carbocycles. The van der Waals surface area contributed by atoms with Crippen LogP contribution in [0, 0.1) is 10.1 Å². The zero-order valence-corrected chi connectivity index (χ0v) is 17.4. The van der Waals surface area contributed by atoms with E-state index < -0.39 is 16.7 Å². The minimum absolute atomic E-state index is 0.0181. The van der Waals surface area contributed by atoms with Gasteiger partial charge in [0.2, 0.25) is 5.91 Å². The minimum Gasteiger partial charge on any atom is -0.302 e. The molecule has 2 heterocycles. The molecule has 1 aliphatic heterocycles. The molecule has 0 saturated carbocycles. The number of carbonyl (C=O) groups is 3. The minimum atomic E-state index is -0.615. The van der Waals surface area contributed by atoms with Crippen LogP contribution in [-0.2, 0) is 11.2 Å². The van der Waals surface area contributed by atoms with Crippen LogP contribution in [0.1, 0.15) is 46.0 Å². The Morgan fingerprint density at radius 2 is 1.94 bits per heavy atom. The van der Waals surface area contributed by atoms with Gasteiger partial charge in [-0.15, -0.1) is 0 Å². The highest BCUT2D eigenvalue weighted by molar-refractivity contribution is 7.22. The first-order valence-corrected chi connectivity index (χ1v) is 10.5. The van der Waals surface area contributed by atoms with Gasteiger partial charge in [0.1, 0.15) is 0 Å². The number of benzene rings is 2. The van der Waals surface area contributed by atoms with E-state index in [4.69, 9.17) is 0 Å². The molecule has 0 saturated heterocycles. The largest absolute Gasteiger partial charge is 0.302 e. The second kappa shape index (κ2) is 8.23. The van der Waals surface area contributed by atoms with Gasteiger partial charge in [-0.25, -0.2) is 4.98 Å². The lowest BCUT2D eigenvalue weighted by Gasteiger charge is -2.13. The van der Waals surface area contributed by atoms with Gasteiger partial charge in [-0.2, -0.15) is 0 Å². The summed E-state index contributed by atoms with van der Waals surface area (Å²) in [5.41, 5.74) is 1.92. The van der Waals surface area contributed by atoms with Gasteiger partial charge >= 0.3 is 0 Å². The summed E-state index contributed by atoms with van der Waals surface area (Å²) in [7, 11) is 0. The number of non-ortho nitro benzene ring substituents is 1. The maximum absolute atomic E-state index is 12.5. The highest BCUT2D eigenvalue weighted by Gasteiger charge is 2.36. The van der Waals surface area contributed by atoms with Crippen LogP contribution in [0.25, 0.3) is 10.2 Å². The molecule has 31 heavy (non-hydrogen) atoms. The SMILES string of the molecule is CCc1ccc2nc(NC(=O)CCCN3C(=O)c4ccc([N+](=O)[O-])cc4C3=O)sc2c1. The van der Waals surface area contributed by atoms with E-state index in [1.54, 1.807) is 0 Å². The first kappa shape index (κ1) is 20.6. The lowest BCUT2D eigenvalue weighted by atomic mass is 10.1. The van der Waals surface area contributed by atoms with Crippen LogP contribution in [0.2, 0.25) is 0 Å². The molecular weight excluding hydrogens is 420 g/mol. The Balaban J connectivity index is 1.35. The number of fused-ring (bicyclic) bond motifs is 2. The molecule has 0 aliphatic carbocycles. The predicted molar refractivity (Wildman–Crippen MR) is 115 cm³/mol. The van der Waals surface area contributed by atoms with E-state index in [9.17, 15) is 24.5 Å². The highest BCUT2D eigenvalue weighted by atomic mass is 32.1. The van der Waals surface area contributed by atoms with E-state index in [1.165, 1.54) is 29.0 Å². The highest BCUT2D eigenvalue weighted by Crippen LogP contribution is 2.28. The van der Waals surface area contributed by atoms with Gasteiger partial charge in [-0.05, 0) is 36.6 Å². The number of nitro benzene ring substituents is 1. The second-order valence-electron chi connectivity index (χ2n) is 7.08. The van der Waals surface area contributed by atoms with E-state index in [0.717, 1.165) is 27.6 Å². The fourth-order valence-corrected chi connectivity index (χ4v) is 4.36. The molecule has 9 nitrogen and oxygen atoms in total. The van der Waals surface area contributed by atoms with Crippen LogP contribution in [0.15, 0.2) is 36.4 Å². The van der Waals surface area contributed by atoms with Crippen molar-refractivity contribution in [1.29, 1.82) is 0 Å². The third kappa shape index (κ3) is 4.02. The first-order valence-electron chi connectivity index (χ1n) is 9.71. The van der Waals surface area contributed by atoms with Gasteiger partial charge < -0.3 is 5.32 Å². The van der Waals surface area contributed by atoms with Gasteiger partial charge in [0.15, 0.2) is 5.13 Å². The molecule has 0 bridgehead atoms. The van der Waals surface area contributed by atoms with Crippen LogP contribution in [0.4, 0.5) is 10.8 Å². The topological polar surface area (TPSA) is 123 Å². The Kier molecular flexibility index (Phi) is 5.47. The average molecular weight is 438 g/mol. The maximum Gasteiger partial charge on any atom is 0.270 e. The maximum atomic E-state index is 12.5. The predicted octanol–water partition coefficient (Wildman–Crippen LogP) is 3.78. The molecule has 10 heteroatoms. The van der Waals surface area contributed by atoms with Crippen LogP contribution >= 0.6 is 11.3 Å². The van der Waals surface area contributed by atoms with Crippen molar-refractivity contribution < 1.29 is 19.3 Å². The monoisotopic (exact) mass is 438 g/mol. The summed E-state index contributed by atoms with van der Waals surface area (Å²) in [4.78, 5) is 52.9. The van der Waals surface area contributed by atoms with Gasteiger partial charge in [0.25, 0.3) is 17.5 Å². The Hall–Kier alpha value is -3.66. The molecule has 158 valence electrons. The van der Waals surface area contributed by atoms with Gasteiger partial charge in [0.05, 0.1) is 26.3 Å². The number of amides is 3. The van der Waals surface area contributed by atoms with E-state index in [-0.39, 0.29) is 42.1 Å². The summed E-state index contributed by atoms with van der Waals surface area (Å²) in [6, 6.07) is 9.58. The number of aromatic nitrogens is 1. The average Bonchev–Trinajstić information content (AvgIpc) is 3.26. The summed E-state index contributed by atoms with van der Waals surface area (Å²) >= 11 is 1.39. The Morgan fingerprint density at radius 1 is 1.16 bits per heavy atom. The van der Waals surface area contributed by atoms with Gasteiger partial charge in [-0.1, -0.05) is 24.3 Å². The smallest absolute Gasteiger partial charge is 0.270 e. The molecule has 4 rings (SSSR count). The van der Waals surface area contributed by atoms with Crippen LogP contribution in [-0.4, -0.2) is 39.1 Å². The quantitative estimate of drug-likeness (QED) is 0.340. The molecule has 0 unspecified atom stereocenters. The van der Waals surface area contributed by atoms with Crippen molar-refractivity contribution in [3.8, 4) is 0 Å². The van der Waals surface area contributed by atoms with Crippen molar-refractivity contribution in [1.82, 2.24) is 9.88 Å². The molecule has 0 fully saturated rings. The standard InChI is InChI=1S/C21H18N4O5S/c1-2-12-5-8-16-17(10-12)31-21(22-16)23-18(26)4-3-9-24-19(27)14-7-6-13(25(29)30)11-15(14)20(24)28/h5-8,10-11H,2-4,9H2,1H3,(H,22,23,26). The van der Waals surface area contributed by atoms with E-state index in [1.807, 2.05) is 12.1 Å². The zero-order valence-electron chi connectivity index (χ0n) is 16.6. The number of aryl methyl sites for hydroxylation is 1. The number of imide groups is 1. The summed E-state index contributed by atoms with van der Waals surface area (Å²) in [5, 5.41) is 14.2. The third-order valence-corrected chi connectivity index (χ3v) is 5.99. The molecule has 3 aromatic rings. The van der Waals surface area contributed by atoms with Gasteiger partial charge in [-0.3, -0.25) is 29.4 Å². The molecule has 0 radical (unpaired) electrons. The number of carbonyl (C=O) groups excluding carboxylic acids is 3. The summed E-state index contributed by atoms with van der Waals surface area (Å²) in [6.07, 6.45) is 1.29. The fourth-order valence-electron chi connectivity index (χ4n) is 3.42. The zero-order chi connectivity index (χ0) is 22.1. The lowest BCUT2D eigenvalue weighted by Crippen LogP contribution is -2.31.